The lowest BCUT2D eigenvalue weighted by molar-refractivity contribution is 0.0756. The van der Waals surface area contributed by atoms with Gasteiger partial charge in [-0.25, -0.2) is 4.98 Å². The summed E-state index contributed by atoms with van der Waals surface area (Å²) in [5.74, 6) is 0.860. The van der Waals surface area contributed by atoms with Crippen LogP contribution in [0.2, 0.25) is 0 Å². The van der Waals surface area contributed by atoms with E-state index in [1.54, 1.807) is 0 Å². The van der Waals surface area contributed by atoms with Crippen molar-refractivity contribution in [3.8, 4) is 16.9 Å². The molecule has 1 aliphatic heterocycles. The number of aromatic nitrogens is 2. The minimum Gasteiger partial charge on any atom is -0.490 e. The Hall–Kier alpha value is -2.89. The number of ether oxygens (including phenoxy) is 1. The molecule has 5 nitrogen and oxygen atoms in total. The Morgan fingerprint density at radius 3 is 2.74 bits per heavy atom. The van der Waals surface area contributed by atoms with Crippen LogP contribution in [-0.4, -0.2) is 52.3 Å². The number of aliphatic hydroxyl groups is 1. The highest BCUT2D eigenvalue weighted by atomic mass is 16.5. The molecule has 5 rings (SSSR count). The highest BCUT2D eigenvalue weighted by Crippen LogP contribution is 2.39. The summed E-state index contributed by atoms with van der Waals surface area (Å²) in [6.45, 7) is 7.55. The van der Waals surface area contributed by atoms with E-state index in [4.69, 9.17) is 4.74 Å². The summed E-state index contributed by atoms with van der Waals surface area (Å²) >= 11 is 0. The Balaban J connectivity index is 1.51. The first kappa shape index (κ1) is 20.0. The van der Waals surface area contributed by atoms with Gasteiger partial charge in [-0.2, -0.15) is 0 Å². The first-order chi connectivity index (χ1) is 15.1. The van der Waals surface area contributed by atoms with Crippen LogP contribution in [0.25, 0.3) is 33.1 Å². The van der Waals surface area contributed by atoms with Crippen LogP contribution >= 0.6 is 0 Å². The summed E-state index contributed by atoms with van der Waals surface area (Å²) in [6, 6.07) is 15.1. The number of hydrogen-bond donors (Lipinski definition) is 2. The summed E-state index contributed by atoms with van der Waals surface area (Å²) in [4.78, 5) is 10.5. The van der Waals surface area contributed by atoms with Crippen LogP contribution in [-0.2, 0) is 0 Å². The molecule has 1 saturated heterocycles. The average Bonchev–Trinajstić information content (AvgIpc) is 3.14. The van der Waals surface area contributed by atoms with Gasteiger partial charge in [0.2, 0.25) is 0 Å². The van der Waals surface area contributed by atoms with Gasteiger partial charge >= 0.3 is 0 Å². The number of nitrogens with zero attached hydrogens (tertiary/aromatic N) is 2. The molecule has 2 N–H and O–H groups in total. The Labute approximate surface area is 182 Å². The number of likely N-dealkylation sites (tertiary alicyclic amines) is 1. The molecule has 3 heterocycles. The van der Waals surface area contributed by atoms with E-state index < -0.39 is 0 Å². The number of benzene rings is 2. The maximum absolute atomic E-state index is 9.71. The summed E-state index contributed by atoms with van der Waals surface area (Å²) in [5, 5.41) is 12.0. The summed E-state index contributed by atoms with van der Waals surface area (Å²) in [5.41, 5.74) is 6.66. The third kappa shape index (κ3) is 4.03. The zero-order chi connectivity index (χ0) is 21.4. The predicted molar refractivity (Wildman–Crippen MR) is 126 cm³/mol. The summed E-state index contributed by atoms with van der Waals surface area (Å²) in [6.07, 6.45) is 3.45. The second kappa shape index (κ2) is 8.33. The maximum Gasteiger partial charge on any atom is 0.143 e. The van der Waals surface area contributed by atoms with Gasteiger partial charge in [0, 0.05) is 36.6 Å². The quantitative estimate of drug-likeness (QED) is 0.490. The highest BCUT2D eigenvalue weighted by molar-refractivity contribution is 6.15. The molecule has 0 bridgehead atoms. The average molecular weight is 416 g/mol. The van der Waals surface area contributed by atoms with Crippen molar-refractivity contribution in [3.63, 3.8) is 0 Å². The van der Waals surface area contributed by atoms with E-state index in [2.05, 4.69) is 71.2 Å². The summed E-state index contributed by atoms with van der Waals surface area (Å²) in [7, 11) is 0. The number of hydrogen-bond acceptors (Lipinski definition) is 4. The van der Waals surface area contributed by atoms with Crippen LogP contribution in [0.3, 0.4) is 0 Å². The molecule has 5 heteroatoms. The number of fused-ring (bicyclic) bond motifs is 3. The van der Waals surface area contributed by atoms with Crippen LogP contribution in [0, 0.1) is 13.8 Å². The second-order valence-corrected chi connectivity index (χ2v) is 8.69. The summed E-state index contributed by atoms with van der Waals surface area (Å²) < 4.78 is 6.26. The maximum atomic E-state index is 9.71. The van der Waals surface area contributed by atoms with Crippen LogP contribution in [0.5, 0.6) is 5.75 Å². The molecule has 0 atom stereocenters. The van der Waals surface area contributed by atoms with Gasteiger partial charge in [-0.05, 0) is 61.6 Å². The van der Waals surface area contributed by atoms with Crippen LogP contribution < -0.4 is 4.74 Å². The largest absolute Gasteiger partial charge is 0.490 e. The van der Waals surface area contributed by atoms with E-state index in [1.807, 2.05) is 6.20 Å². The lowest BCUT2D eigenvalue weighted by atomic mass is 9.98. The number of aliphatic hydroxyl groups excluding tert-OH is 1. The zero-order valence-corrected chi connectivity index (χ0v) is 18.2. The third-order valence-electron chi connectivity index (χ3n) is 6.26. The second-order valence-electron chi connectivity index (χ2n) is 8.69. The standard InChI is InChI=1S/C26H29N3O2/c1-17-4-3-5-19(14-17)21-6-7-23(31-13-12-29-10-8-20(30)9-11-29)25-24(21)22-15-18(2)16-27-26(22)28-25/h3-7,14-16,20,30H,8-13H2,1-2H3,(H,27,28). The smallest absolute Gasteiger partial charge is 0.143 e. The van der Waals surface area contributed by atoms with E-state index in [9.17, 15) is 5.11 Å². The van der Waals surface area contributed by atoms with Crippen molar-refractivity contribution < 1.29 is 9.84 Å². The van der Waals surface area contributed by atoms with Gasteiger partial charge in [-0.1, -0.05) is 29.8 Å². The topological polar surface area (TPSA) is 61.4 Å². The minimum absolute atomic E-state index is 0.145. The molecular weight excluding hydrogens is 386 g/mol. The first-order valence-corrected chi connectivity index (χ1v) is 11.1. The zero-order valence-electron chi connectivity index (χ0n) is 18.2. The fourth-order valence-corrected chi connectivity index (χ4v) is 4.57. The van der Waals surface area contributed by atoms with Crippen molar-refractivity contribution in [1.29, 1.82) is 0 Å². The molecule has 2 aromatic heterocycles. The molecule has 0 saturated carbocycles. The Bertz CT molecular complexity index is 1220. The number of nitrogens with one attached hydrogen (secondary N) is 1. The Morgan fingerprint density at radius 2 is 1.94 bits per heavy atom. The number of pyridine rings is 1. The highest BCUT2D eigenvalue weighted by Gasteiger charge is 2.18. The number of piperidine rings is 1. The lowest BCUT2D eigenvalue weighted by Gasteiger charge is -2.29. The molecule has 0 spiro atoms. The molecular formula is C26H29N3O2. The predicted octanol–water partition coefficient (Wildman–Crippen LogP) is 4.84. The van der Waals surface area contributed by atoms with Crippen LogP contribution in [0.4, 0.5) is 0 Å². The minimum atomic E-state index is -0.145. The monoisotopic (exact) mass is 415 g/mol. The molecule has 160 valence electrons. The normalized spacial score (nSPS) is 15.7. The van der Waals surface area contributed by atoms with Crippen molar-refractivity contribution in [2.45, 2.75) is 32.8 Å². The van der Waals surface area contributed by atoms with Gasteiger partial charge in [-0.15, -0.1) is 0 Å². The van der Waals surface area contributed by atoms with E-state index >= 15 is 0 Å². The number of H-pyrrole nitrogens is 1. The fourth-order valence-electron chi connectivity index (χ4n) is 4.57. The van der Waals surface area contributed by atoms with Gasteiger partial charge in [0.25, 0.3) is 0 Å². The van der Waals surface area contributed by atoms with Crippen LogP contribution in [0.15, 0.2) is 48.7 Å². The molecule has 0 amide bonds. The van der Waals surface area contributed by atoms with Crippen LogP contribution in [0.1, 0.15) is 24.0 Å². The number of rotatable bonds is 5. The molecule has 1 aliphatic rings. The van der Waals surface area contributed by atoms with E-state index in [-0.39, 0.29) is 6.10 Å². The van der Waals surface area contributed by atoms with Gasteiger partial charge in [0.1, 0.15) is 18.0 Å². The van der Waals surface area contributed by atoms with Gasteiger partial charge in [0.15, 0.2) is 0 Å². The van der Waals surface area contributed by atoms with Gasteiger partial charge in [-0.3, -0.25) is 4.90 Å². The number of aryl methyl sites for hydroxylation is 2. The van der Waals surface area contributed by atoms with Crippen molar-refractivity contribution in [1.82, 2.24) is 14.9 Å². The van der Waals surface area contributed by atoms with Crippen molar-refractivity contribution in [2.75, 3.05) is 26.2 Å². The Kier molecular flexibility index (Phi) is 5.38. The molecule has 4 aromatic rings. The fraction of sp³-hybridized carbons (Fsp3) is 0.346. The van der Waals surface area contributed by atoms with Crippen molar-refractivity contribution >= 4 is 21.9 Å². The van der Waals surface area contributed by atoms with Gasteiger partial charge < -0.3 is 14.8 Å². The molecule has 0 radical (unpaired) electrons. The molecule has 31 heavy (non-hydrogen) atoms. The molecule has 0 unspecified atom stereocenters. The van der Waals surface area contributed by atoms with E-state index in [1.165, 1.54) is 16.7 Å². The first-order valence-electron chi connectivity index (χ1n) is 11.1. The Morgan fingerprint density at radius 1 is 1.10 bits per heavy atom. The molecule has 0 aliphatic carbocycles. The SMILES string of the molecule is Cc1cccc(-c2ccc(OCCN3CCC(O)CC3)c3[nH]c4ncc(C)cc4c23)c1. The van der Waals surface area contributed by atoms with Gasteiger partial charge in [0.05, 0.1) is 11.6 Å². The van der Waals surface area contributed by atoms with E-state index in [0.717, 1.165) is 65.7 Å². The number of aromatic amines is 1. The third-order valence-corrected chi connectivity index (χ3v) is 6.26. The van der Waals surface area contributed by atoms with E-state index in [0.29, 0.717) is 6.61 Å². The van der Waals surface area contributed by atoms with Crippen molar-refractivity contribution in [3.05, 3.63) is 59.8 Å². The molecule has 2 aromatic carbocycles. The molecule has 1 fully saturated rings. The van der Waals surface area contributed by atoms with Crippen molar-refractivity contribution in [2.24, 2.45) is 0 Å². The lowest BCUT2D eigenvalue weighted by Crippen LogP contribution is -2.38.